The summed E-state index contributed by atoms with van der Waals surface area (Å²) >= 11 is 0. The van der Waals surface area contributed by atoms with Crippen molar-refractivity contribution in [3.8, 4) is 0 Å². The van der Waals surface area contributed by atoms with E-state index < -0.39 is 11.6 Å². The van der Waals surface area contributed by atoms with Crippen molar-refractivity contribution in [2.24, 2.45) is 0 Å². The minimum absolute atomic E-state index is 0.159. The molecule has 1 saturated carbocycles. The Hall–Kier alpha value is -1.45. The highest BCUT2D eigenvalue weighted by atomic mass is 19.2. The number of amides is 1. The zero-order chi connectivity index (χ0) is 11.8. The molecule has 2 nitrogen and oxygen atoms in total. The Morgan fingerprint density at radius 1 is 1.31 bits per heavy atom. The first kappa shape index (κ1) is 11.0. The second-order valence-electron chi connectivity index (χ2n) is 4.50. The fourth-order valence-corrected chi connectivity index (χ4v) is 1.82. The molecule has 1 aromatic rings. The Balaban J connectivity index is 2.11. The second kappa shape index (κ2) is 3.85. The number of rotatable bonds is 2. The van der Waals surface area contributed by atoms with Crippen LogP contribution in [0.1, 0.15) is 36.5 Å². The van der Waals surface area contributed by atoms with E-state index in [9.17, 15) is 13.6 Å². The molecular formula is C12H13F2NO. The topological polar surface area (TPSA) is 29.1 Å². The molecule has 16 heavy (non-hydrogen) atoms. The maximum absolute atomic E-state index is 12.9. The quantitative estimate of drug-likeness (QED) is 0.823. The van der Waals surface area contributed by atoms with E-state index in [1.165, 1.54) is 6.07 Å². The lowest BCUT2D eigenvalue weighted by Crippen LogP contribution is -2.50. The molecule has 0 unspecified atom stereocenters. The number of carbonyl (C=O) groups is 1. The van der Waals surface area contributed by atoms with E-state index in [-0.39, 0.29) is 17.0 Å². The van der Waals surface area contributed by atoms with Crippen molar-refractivity contribution in [2.45, 2.75) is 31.7 Å². The molecule has 1 amide bonds. The molecule has 0 saturated heterocycles. The van der Waals surface area contributed by atoms with Crippen molar-refractivity contribution in [1.82, 2.24) is 5.32 Å². The van der Waals surface area contributed by atoms with Crippen molar-refractivity contribution in [3.05, 3.63) is 35.4 Å². The molecule has 0 aromatic heterocycles. The molecule has 0 atom stereocenters. The van der Waals surface area contributed by atoms with E-state index in [4.69, 9.17) is 0 Å². The van der Waals surface area contributed by atoms with Gasteiger partial charge >= 0.3 is 0 Å². The number of carbonyl (C=O) groups excluding carboxylic acids is 1. The van der Waals surface area contributed by atoms with Gasteiger partial charge in [0, 0.05) is 11.1 Å². The monoisotopic (exact) mass is 225 g/mol. The Kier molecular flexibility index (Phi) is 2.66. The molecule has 0 aliphatic heterocycles. The summed E-state index contributed by atoms with van der Waals surface area (Å²) in [6.07, 6.45) is 2.96. The first-order chi connectivity index (χ1) is 7.50. The van der Waals surface area contributed by atoms with E-state index in [2.05, 4.69) is 5.32 Å². The maximum atomic E-state index is 12.9. The van der Waals surface area contributed by atoms with Crippen LogP contribution in [0.25, 0.3) is 0 Å². The van der Waals surface area contributed by atoms with E-state index in [1.807, 2.05) is 6.92 Å². The molecule has 1 aliphatic carbocycles. The molecule has 0 heterocycles. The van der Waals surface area contributed by atoms with Gasteiger partial charge in [0.05, 0.1) is 0 Å². The van der Waals surface area contributed by atoms with Gasteiger partial charge in [-0.3, -0.25) is 4.79 Å². The molecule has 2 rings (SSSR count). The molecule has 1 aliphatic rings. The van der Waals surface area contributed by atoms with Crippen LogP contribution in [0, 0.1) is 11.6 Å². The molecule has 1 N–H and O–H groups in total. The smallest absolute Gasteiger partial charge is 0.251 e. The van der Waals surface area contributed by atoms with Crippen LogP contribution in [0.4, 0.5) is 8.78 Å². The zero-order valence-electron chi connectivity index (χ0n) is 9.02. The molecule has 0 radical (unpaired) electrons. The summed E-state index contributed by atoms with van der Waals surface area (Å²) in [4.78, 5) is 11.7. The fourth-order valence-electron chi connectivity index (χ4n) is 1.82. The average Bonchev–Trinajstić information content (AvgIpc) is 2.19. The van der Waals surface area contributed by atoms with Gasteiger partial charge in [0.1, 0.15) is 0 Å². The van der Waals surface area contributed by atoms with Gasteiger partial charge in [-0.2, -0.15) is 0 Å². The third-order valence-electron chi connectivity index (χ3n) is 3.05. The van der Waals surface area contributed by atoms with E-state index >= 15 is 0 Å². The highest BCUT2D eigenvalue weighted by Gasteiger charge is 2.33. The third kappa shape index (κ3) is 2.05. The van der Waals surface area contributed by atoms with Crippen LogP contribution in [0.3, 0.4) is 0 Å². The standard InChI is InChI=1S/C12H13F2NO/c1-12(5-2-6-12)15-11(16)8-3-4-9(13)10(14)7-8/h3-4,7H,2,5-6H2,1H3,(H,15,16). The molecule has 0 bridgehead atoms. The van der Waals surface area contributed by atoms with Crippen molar-refractivity contribution >= 4 is 5.91 Å². The Bertz CT molecular complexity index is 427. The molecule has 4 heteroatoms. The van der Waals surface area contributed by atoms with Crippen LogP contribution in [0.15, 0.2) is 18.2 Å². The summed E-state index contributed by atoms with van der Waals surface area (Å²) in [5.41, 5.74) is -0.0193. The van der Waals surface area contributed by atoms with Crippen LogP contribution >= 0.6 is 0 Å². The third-order valence-corrected chi connectivity index (χ3v) is 3.05. The fraction of sp³-hybridized carbons (Fsp3) is 0.417. The Labute approximate surface area is 92.7 Å². The lowest BCUT2D eigenvalue weighted by atomic mass is 9.78. The van der Waals surface area contributed by atoms with Crippen molar-refractivity contribution in [1.29, 1.82) is 0 Å². The van der Waals surface area contributed by atoms with Crippen LogP contribution in [0.2, 0.25) is 0 Å². The largest absolute Gasteiger partial charge is 0.347 e. The van der Waals surface area contributed by atoms with Gasteiger partial charge in [-0.1, -0.05) is 0 Å². The minimum atomic E-state index is -0.994. The number of hydrogen-bond acceptors (Lipinski definition) is 1. The minimum Gasteiger partial charge on any atom is -0.347 e. The molecule has 0 spiro atoms. The highest BCUT2D eigenvalue weighted by molar-refractivity contribution is 5.94. The summed E-state index contributed by atoms with van der Waals surface area (Å²) < 4.78 is 25.6. The van der Waals surface area contributed by atoms with Crippen LogP contribution < -0.4 is 5.32 Å². The number of hydrogen-bond donors (Lipinski definition) is 1. The van der Waals surface area contributed by atoms with Gasteiger partial charge in [0.25, 0.3) is 5.91 Å². The molecule has 1 aromatic carbocycles. The first-order valence-electron chi connectivity index (χ1n) is 5.28. The SMILES string of the molecule is CC1(NC(=O)c2ccc(F)c(F)c2)CCC1. The average molecular weight is 225 g/mol. The second-order valence-corrected chi connectivity index (χ2v) is 4.50. The molecule has 1 fully saturated rings. The number of benzene rings is 1. The van der Waals surface area contributed by atoms with E-state index in [0.29, 0.717) is 0 Å². The van der Waals surface area contributed by atoms with Gasteiger partial charge in [0.2, 0.25) is 0 Å². The summed E-state index contributed by atoms with van der Waals surface area (Å²) in [7, 11) is 0. The Morgan fingerprint density at radius 2 is 2.00 bits per heavy atom. The van der Waals surface area contributed by atoms with E-state index in [1.54, 1.807) is 0 Å². The number of halogens is 2. The van der Waals surface area contributed by atoms with Crippen LogP contribution in [-0.4, -0.2) is 11.4 Å². The zero-order valence-corrected chi connectivity index (χ0v) is 9.02. The van der Waals surface area contributed by atoms with Crippen molar-refractivity contribution in [3.63, 3.8) is 0 Å². The van der Waals surface area contributed by atoms with Crippen LogP contribution in [-0.2, 0) is 0 Å². The molecule has 86 valence electrons. The first-order valence-corrected chi connectivity index (χ1v) is 5.28. The lowest BCUT2D eigenvalue weighted by Gasteiger charge is -2.39. The van der Waals surface area contributed by atoms with Gasteiger partial charge in [-0.05, 0) is 44.4 Å². The Morgan fingerprint density at radius 3 is 2.50 bits per heavy atom. The summed E-state index contributed by atoms with van der Waals surface area (Å²) in [6.45, 7) is 1.95. The maximum Gasteiger partial charge on any atom is 0.251 e. The van der Waals surface area contributed by atoms with Crippen molar-refractivity contribution in [2.75, 3.05) is 0 Å². The van der Waals surface area contributed by atoms with Gasteiger partial charge in [-0.15, -0.1) is 0 Å². The lowest BCUT2D eigenvalue weighted by molar-refractivity contribution is 0.0850. The van der Waals surface area contributed by atoms with Gasteiger partial charge < -0.3 is 5.32 Å². The predicted octanol–water partition coefficient (Wildman–Crippen LogP) is 2.64. The van der Waals surface area contributed by atoms with E-state index in [0.717, 1.165) is 31.4 Å². The summed E-state index contributed by atoms with van der Waals surface area (Å²) in [6, 6.07) is 3.18. The highest BCUT2D eigenvalue weighted by Crippen LogP contribution is 2.31. The van der Waals surface area contributed by atoms with Gasteiger partial charge in [0.15, 0.2) is 11.6 Å². The summed E-state index contributed by atoms with van der Waals surface area (Å²) in [5.74, 6) is -2.28. The molecular weight excluding hydrogens is 212 g/mol. The summed E-state index contributed by atoms with van der Waals surface area (Å²) in [5, 5.41) is 2.83. The van der Waals surface area contributed by atoms with Crippen molar-refractivity contribution < 1.29 is 13.6 Å². The van der Waals surface area contributed by atoms with Crippen LogP contribution in [0.5, 0.6) is 0 Å². The van der Waals surface area contributed by atoms with Gasteiger partial charge in [-0.25, -0.2) is 8.78 Å². The normalized spacial score (nSPS) is 17.7. The number of nitrogens with one attached hydrogen (secondary N) is 1. The predicted molar refractivity (Wildman–Crippen MR) is 56.1 cm³/mol.